The van der Waals surface area contributed by atoms with Crippen LogP contribution in [0.4, 0.5) is 11.5 Å². The number of benzene rings is 1. The van der Waals surface area contributed by atoms with E-state index in [1.54, 1.807) is 0 Å². The number of anilines is 2. The highest BCUT2D eigenvalue weighted by molar-refractivity contribution is 14.1. The van der Waals surface area contributed by atoms with Crippen molar-refractivity contribution in [1.82, 2.24) is 9.97 Å². The molecule has 0 aliphatic heterocycles. The lowest BCUT2D eigenvalue weighted by molar-refractivity contribution is 0.0601. The Hall–Kier alpha value is -2.09. The number of nitrogens with one attached hydrogen (secondary N) is 2. The van der Waals surface area contributed by atoms with Gasteiger partial charge in [-0.2, -0.15) is 0 Å². The van der Waals surface area contributed by atoms with Gasteiger partial charge < -0.3 is 15.0 Å². The Morgan fingerprint density at radius 2 is 2.21 bits per heavy atom. The molecule has 0 unspecified atom stereocenters. The summed E-state index contributed by atoms with van der Waals surface area (Å²) in [6.07, 6.45) is 6.15. The average Bonchev–Trinajstić information content (AvgIpc) is 3.39. The number of aromatic nitrogens is 2. The van der Waals surface area contributed by atoms with Gasteiger partial charge in [0, 0.05) is 32.6 Å². The third-order valence-electron chi connectivity index (χ3n) is 4.26. The minimum Gasteiger partial charge on any atom is -0.465 e. The Labute approximate surface area is 153 Å². The molecule has 1 saturated carbocycles. The van der Waals surface area contributed by atoms with Gasteiger partial charge in [-0.05, 0) is 71.2 Å². The molecule has 0 bridgehead atoms. The minimum absolute atomic E-state index is 0.371. The van der Waals surface area contributed by atoms with Crippen LogP contribution in [-0.2, 0) is 4.74 Å². The topological polar surface area (TPSA) is 67.0 Å². The molecule has 1 aromatic carbocycles. The molecule has 2 N–H and O–H groups in total. The van der Waals surface area contributed by atoms with E-state index in [-0.39, 0.29) is 5.97 Å². The molecule has 1 aliphatic rings. The zero-order chi connectivity index (χ0) is 16.7. The second-order valence-corrected chi connectivity index (χ2v) is 7.11. The highest BCUT2D eigenvalue weighted by atomic mass is 127. The third-order valence-corrected chi connectivity index (χ3v) is 5.15. The first-order valence-electron chi connectivity index (χ1n) is 7.77. The van der Waals surface area contributed by atoms with Gasteiger partial charge in [0.05, 0.1) is 7.11 Å². The highest BCUT2D eigenvalue weighted by Crippen LogP contribution is 2.40. The molecule has 4 rings (SSSR count). The molecule has 0 radical (unpaired) electrons. The molecule has 0 atom stereocenters. The van der Waals surface area contributed by atoms with Gasteiger partial charge in [0.1, 0.15) is 11.4 Å². The summed E-state index contributed by atoms with van der Waals surface area (Å²) in [4.78, 5) is 19.8. The van der Waals surface area contributed by atoms with Gasteiger partial charge in [0.15, 0.2) is 0 Å². The number of esters is 1. The first kappa shape index (κ1) is 15.4. The number of hydrogen-bond donors (Lipinski definition) is 2. The number of carbonyl (C=O) groups excluding carboxylic acids is 1. The molecule has 0 saturated heterocycles. The van der Waals surface area contributed by atoms with E-state index >= 15 is 0 Å². The molecule has 24 heavy (non-hydrogen) atoms. The van der Waals surface area contributed by atoms with E-state index in [0.717, 1.165) is 38.6 Å². The molecule has 3 aromatic rings. The van der Waals surface area contributed by atoms with E-state index in [9.17, 15) is 4.79 Å². The highest BCUT2D eigenvalue weighted by Gasteiger charge is 2.26. The molecular weight excluding hydrogens is 417 g/mol. The Bertz CT molecular complexity index is 931. The van der Waals surface area contributed by atoms with Crippen molar-refractivity contribution in [1.29, 1.82) is 0 Å². The van der Waals surface area contributed by atoms with Crippen molar-refractivity contribution in [2.45, 2.75) is 18.8 Å². The maximum atomic E-state index is 12.1. The number of ether oxygens (including phenoxy) is 1. The summed E-state index contributed by atoms with van der Waals surface area (Å²) in [7, 11) is 1.39. The van der Waals surface area contributed by atoms with Crippen molar-refractivity contribution in [3.63, 3.8) is 0 Å². The number of hydrogen-bond acceptors (Lipinski definition) is 4. The summed E-state index contributed by atoms with van der Waals surface area (Å²) in [5.74, 6) is 0.689. The van der Waals surface area contributed by atoms with E-state index in [1.807, 2.05) is 36.7 Å². The van der Waals surface area contributed by atoms with Gasteiger partial charge in [0.25, 0.3) is 0 Å². The maximum Gasteiger partial charge on any atom is 0.341 e. The molecule has 2 aromatic heterocycles. The van der Waals surface area contributed by atoms with Gasteiger partial charge in [-0.3, -0.25) is 0 Å². The van der Waals surface area contributed by atoms with Crippen molar-refractivity contribution in [3.8, 4) is 0 Å². The smallest absolute Gasteiger partial charge is 0.341 e. The van der Waals surface area contributed by atoms with Gasteiger partial charge in [0.2, 0.25) is 0 Å². The molecule has 6 heteroatoms. The lowest BCUT2D eigenvalue weighted by atomic mass is 10.1. The van der Waals surface area contributed by atoms with E-state index in [4.69, 9.17) is 4.74 Å². The zero-order valence-electron chi connectivity index (χ0n) is 13.1. The quantitative estimate of drug-likeness (QED) is 0.467. The van der Waals surface area contributed by atoms with E-state index < -0.39 is 0 Å². The van der Waals surface area contributed by atoms with Crippen LogP contribution in [0.3, 0.4) is 0 Å². The number of nitrogens with zero attached hydrogens (tertiary/aromatic N) is 1. The Kier molecular flexibility index (Phi) is 3.91. The van der Waals surface area contributed by atoms with Crippen molar-refractivity contribution in [2.75, 3.05) is 12.4 Å². The maximum absolute atomic E-state index is 12.1. The fraction of sp³-hybridized carbons (Fsp3) is 0.222. The van der Waals surface area contributed by atoms with Gasteiger partial charge in [-0.15, -0.1) is 0 Å². The number of carbonyl (C=O) groups is 1. The van der Waals surface area contributed by atoms with Crippen LogP contribution in [0.1, 0.15) is 34.7 Å². The van der Waals surface area contributed by atoms with Crippen LogP contribution in [0.2, 0.25) is 0 Å². The normalized spacial score (nSPS) is 13.9. The van der Waals surface area contributed by atoms with E-state index in [1.165, 1.54) is 7.11 Å². The third kappa shape index (κ3) is 2.86. The summed E-state index contributed by atoms with van der Waals surface area (Å²) >= 11 is 2.29. The van der Waals surface area contributed by atoms with Crippen LogP contribution >= 0.6 is 22.6 Å². The first-order chi connectivity index (χ1) is 11.7. The van der Waals surface area contributed by atoms with Crippen molar-refractivity contribution in [3.05, 3.63) is 51.4 Å². The van der Waals surface area contributed by atoms with Crippen LogP contribution in [0.25, 0.3) is 10.9 Å². The summed E-state index contributed by atoms with van der Waals surface area (Å²) in [5, 5.41) is 4.39. The Balaban J connectivity index is 1.71. The SMILES string of the molecule is COC(=O)c1cc(C2CC2)cnc1Nc1ccc2[nH]cc(I)c2c1. The summed E-state index contributed by atoms with van der Waals surface area (Å²) in [6, 6.07) is 7.92. The molecule has 122 valence electrons. The Morgan fingerprint density at radius 3 is 2.96 bits per heavy atom. The zero-order valence-corrected chi connectivity index (χ0v) is 15.3. The van der Waals surface area contributed by atoms with Crippen LogP contribution in [0, 0.1) is 3.57 Å². The summed E-state index contributed by atoms with van der Waals surface area (Å²) < 4.78 is 6.07. The van der Waals surface area contributed by atoms with Crippen LogP contribution in [0.15, 0.2) is 36.7 Å². The lowest BCUT2D eigenvalue weighted by Crippen LogP contribution is -2.08. The van der Waals surface area contributed by atoms with E-state index in [2.05, 4.69) is 37.9 Å². The minimum atomic E-state index is -0.371. The monoisotopic (exact) mass is 433 g/mol. The van der Waals surface area contributed by atoms with Crippen molar-refractivity contribution in [2.24, 2.45) is 0 Å². The summed E-state index contributed by atoms with van der Waals surface area (Å²) in [5.41, 5.74) is 3.55. The standard InChI is InChI=1S/C18H16IN3O2/c1-24-18(23)14-6-11(10-2-3-10)8-21-17(14)22-12-4-5-16-13(7-12)15(19)9-20-16/h4-10,20H,2-3H2,1H3,(H,21,22). The average molecular weight is 433 g/mol. The molecule has 1 fully saturated rings. The second-order valence-electron chi connectivity index (χ2n) is 5.95. The molecule has 1 aliphatic carbocycles. The van der Waals surface area contributed by atoms with Gasteiger partial charge in [-0.25, -0.2) is 9.78 Å². The molecular formula is C18H16IN3O2. The van der Waals surface area contributed by atoms with Crippen molar-refractivity contribution >= 4 is 51.0 Å². The molecule has 0 spiro atoms. The number of fused-ring (bicyclic) bond motifs is 1. The van der Waals surface area contributed by atoms with E-state index in [0.29, 0.717) is 17.3 Å². The first-order valence-corrected chi connectivity index (χ1v) is 8.85. The summed E-state index contributed by atoms with van der Waals surface area (Å²) in [6.45, 7) is 0. The predicted octanol–water partition coefficient (Wildman–Crippen LogP) is 4.58. The molecule has 2 heterocycles. The number of halogens is 1. The number of methoxy groups -OCH3 is 1. The Morgan fingerprint density at radius 1 is 1.38 bits per heavy atom. The molecule has 5 nitrogen and oxygen atoms in total. The number of aromatic amines is 1. The van der Waals surface area contributed by atoms with Crippen LogP contribution in [0.5, 0.6) is 0 Å². The predicted molar refractivity (Wildman–Crippen MR) is 102 cm³/mol. The lowest BCUT2D eigenvalue weighted by Gasteiger charge is -2.11. The second kappa shape index (κ2) is 6.08. The fourth-order valence-electron chi connectivity index (χ4n) is 2.79. The van der Waals surface area contributed by atoms with Crippen LogP contribution in [-0.4, -0.2) is 23.0 Å². The largest absolute Gasteiger partial charge is 0.465 e. The number of pyridine rings is 1. The fourth-order valence-corrected chi connectivity index (χ4v) is 3.39. The van der Waals surface area contributed by atoms with Crippen LogP contribution < -0.4 is 5.32 Å². The van der Waals surface area contributed by atoms with Gasteiger partial charge in [-0.1, -0.05) is 0 Å². The number of rotatable bonds is 4. The van der Waals surface area contributed by atoms with Gasteiger partial charge >= 0.3 is 5.97 Å². The molecule has 0 amide bonds. The van der Waals surface area contributed by atoms with Crippen molar-refractivity contribution < 1.29 is 9.53 Å². The number of H-pyrrole nitrogens is 1.